The van der Waals surface area contributed by atoms with Gasteiger partial charge in [-0.25, -0.2) is 22.9 Å². The number of nitrogens with zero attached hydrogens (tertiary/aromatic N) is 2. The number of carbonyl (C=O) groups is 2. The predicted molar refractivity (Wildman–Crippen MR) is 146 cm³/mol. The molecule has 0 aliphatic carbocycles. The molecule has 0 radical (unpaired) electrons. The number of hydrogen-bond donors (Lipinski definition) is 3. The number of likely N-dealkylation sites (N-methyl/N-ethyl adjacent to an activating group) is 1. The number of aromatic hydroxyl groups is 1. The molecule has 1 amide bonds. The van der Waals surface area contributed by atoms with E-state index in [1.54, 1.807) is 49.5 Å². The Balaban J connectivity index is 1.72. The Morgan fingerprint density at radius 1 is 1.03 bits per heavy atom. The number of H-pyrrole nitrogens is 1. The molecule has 4 rings (SSSR count). The van der Waals surface area contributed by atoms with E-state index in [-0.39, 0.29) is 12.4 Å². The molecule has 0 aliphatic heterocycles. The summed E-state index contributed by atoms with van der Waals surface area (Å²) in [6.45, 7) is -0.356. The molecule has 10 nitrogen and oxygen atoms in total. The Hall–Kier alpha value is -4.48. The summed E-state index contributed by atoms with van der Waals surface area (Å²) in [5.41, 5.74) is 3.71. The Labute approximate surface area is 219 Å². The van der Waals surface area contributed by atoms with Gasteiger partial charge in [0.2, 0.25) is 15.9 Å². The van der Waals surface area contributed by atoms with Gasteiger partial charge in [0, 0.05) is 29.2 Å². The highest BCUT2D eigenvalue weighted by atomic mass is 32.2. The topological polar surface area (TPSA) is 141 Å². The third kappa shape index (κ3) is 5.90. The number of methoxy groups -OCH3 is 1. The lowest BCUT2D eigenvalue weighted by Crippen LogP contribution is -2.37. The first kappa shape index (κ1) is 26.6. The number of fused-ring (bicyclic) bond motifs is 1. The lowest BCUT2D eigenvalue weighted by Gasteiger charge is -2.17. The Morgan fingerprint density at radius 3 is 2.34 bits per heavy atom. The summed E-state index contributed by atoms with van der Waals surface area (Å²) in [7, 11) is -0.642. The van der Waals surface area contributed by atoms with Crippen LogP contribution in [0.15, 0.2) is 77.8 Å². The Morgan fingerprint density at radius 2 is 1.71 bits per heavy atom. The molecule has 3 N–H and O–H groups in total. The van der Waals surface area contributed by atoms with Gasteiger partial charge in [-0.3, -0.25) is 4.79 Å². The van der Waals surface area contributed by atoms with Crippen LogP contribution in [0, 0.1) is 0 Å². The number of aromatic nitrogens is 1. The Kier molecular flexibility index (Phi) is 7.60. The first-order valence-corrected chi connectivity index (χ1v) is 13.4. The van der Waals surface area contributed by atoms with Crippen molar-refractivity contribution < 1.29 is 27.9 Å². The van der Waals surface area contributed by atoms with Crippen LogP contribution in [0.1, 0.15) is 21.5 Å². The molecule has 0 fully saturated rings. The van der Waals surface area contributed by atoms with Crippen LogP contribution in [0.4, 0.5) is 11.4 Å². The first-order valence-electron chi connectivity index (χ1n) is 11.5. The average Bonchev–Trinajstić information content (AvgIpc) is 3.24. The van der Waals surface area contributed by atoms with E-state index in [0.717, 1.165) is 11.8 Å². The minimum absolute atomic E-state index is 0.107. The molecule has 0 atom stereocenters. The molecule has 0 unspecified atom stereocenters. The highest BCUT2D eigenvalue weighted by molar-refractivity contribution is 7.88. The van der Waals surface area contributed by atoms with Crippen molar-refractivity contribution in [1.29, 1.82) is 0 Å². The average molecular weight is 535 g/mol. The maximum atomic E-state index is 12.4. The monoisotopic (exact) mass is 534 g/mol. The molecule has 0 saturated heterocycles. The molecular formula is C27H26N4O6S. The maximum Gasteiger partial charge on any atom is 0.337 e. The maximum absolute atomic E-state index is 12.4. The minimum Gasteiger partial charge on any atom is -0.494 e. The summed E-state index contributed by atoms with van der Waals surface area (Å²) < 4.78 is 29.5. The normalized spacial score (nSPS) is 11.9. The number of rotatable bonds is 8. The van der Waals surface area contributed by atoms with Crippen LogP contribution in [0.5, 0.6) is 5.88 Å². The number of aliphatic imine (C=N–C) groups is 1. The molecule has 11 heteroatoms. The van der Waals surface area contributed by atoms with Crippen molar-refractivity contribution in [2.45, 2.75) is 0 Å². The van der Waals surface area contributed by atoms with E-state index in [2.05, 4.69) is 9.71 Å². The fourth-order valence-corrected chi connectivity index (χ4v) is 4.25. The van der Waals surface area contributed by atoms with Gasteiger partial charge in [0.25, 0.3) is 0 Å². The van der Waals surface area contributed by atoms with Crippen molar-refractivity contribution in [2.24, 2.45) is 4.99 Å². The van der Waals surface area contributed by atoms with Gasteiger partial charge in [0.05, 0.1) is 42.4 Å². The second-order valence-electron chi connectivity index (χ2n) is 8.49. The number of anilines is 1. The molecule has 4 aromatic rings. The number of ether oxygens (including phenoxy) is 1. The summed E-state index contributed by atoms with van der Waals surface area (Å²) >= 11 is 0. The SMILES string of the molecule is COC(=O)c1ccc2c(C(=Nc3ccc(N(C)C(=O)CNS(C)(=O)=O)cc3)c3ccccc3)c(O)[nH]c2c1. The van der Waals surface area contributed by atoms with E-state index in [9.17, 15) is 23.1 Å². The van der Waals surface area contributed by atoms with Gasteiger partial charge in [-0.05, 0) is 36.4 Å². The summed E-state index contributed by atoms with van der Waals surface area (Å²) in [6, 6.07) is 21.1. The van der Waals surface area contributed by atoms with Crippen LogP contribution in [0.3, 0.4) is 0 Å². The molecule has 196 valence electrons. The summed E-state index contributed by atoms with van der Waals surface area (Å²) in [5.74, 6) is -1.02. The van der Waals surface area contributed by atoms with Crippen LogP contribution in [0.25, 0.3) is 10.9 Å². The number of benzene rings is 3. The van der Waals surface area contributed by atoms with Gasteiger partial charge in [-0.2, -0.15) is 0 Å². The summed E-state index contributed by atoms with van der Waals surface area (Å²) in [5, 5.41) is 11.5. The Bertz CT molecular complexity index is 1630. The smallest absolute Gasteiger partial charge is 0.337 e. The van der Waals surface area contributed by atoms with Crippen LogP contribution in [0.2, 0.25) is 0 Å². The molecule has 1 aromatic heterocycles. The van der Waals surface area contributed by atoms with Crippen molar-refractivity contribution in [3.63, 3.8) is 0 Å². The fraction of sp³-hybridized carbons (Fsp3) is 0.148. The molecule has 0 saturated carbocycles. The summed E-state index contributed by atoms with van der Waals surface area (Å²) in [4.78, 5) is 33.4. The largest absolute Gasteiger partial charge is 0.494 e. The van der Waals surface area contributed by atoms with E-state index in [4.69, 9.17) is 9.73 Å². The number of aromatic amines is 1. The van der Waals surface area contributed by atoms with Crippen molar-refractivity contribution in [2.75, 3.05) is 31.9 Å². The van der Waals surface area contributed by atoms with Crippen LogP contribution >= 0.6 is 0 Å². The minimum atomic E-state index is -3.49. The van der Waals surface area contributed by atoms with E-state index >= 15 is 0 Å². The molecule has 1 heterocycles. The molecule has 0 aliphatic rings. The van der Waals surface area contributed by atoms with E-state index in [1.165, 1.54) is 12.0 Å². The van der Waals surface area contributed by atoms with Gasteiger partial charge in [0.15, 0.2) is 5.88 Å². The predicted octanol–water partition coefficient (Wildman–Crippen LogP) is 3.34. The number of nitrogens with one attached hydrogen (secondary N) is 2. The molecule has 0 bridgehead atoms. The van der Waals surface area contributed by atoms with E-state index < -0.39 is 21.9 Å². The van der Waals surface area contributed by atoms with Crippen LogP contribution < -0.4 is 9.62 Å². The van der Waals surface area contributed by atoms with Crippen molar-refractivity contribution >= 4 is 49.9 Å². The van der Waals surface area contributed by atoms with Gasteiger partial charge >= 0.3 is 5.97 Å². The second-order valence-corrected chi connectivity index (χ2v) is 10.3. The number of hydrogen-bond acceptors (Lipinski definition) is 7. The summed E-state index contributed by atoms with van der Waals surface area (Å²) in [6.07, 6.45) is 0.987. The first-order chi connectivity index (χ1) is 18.1. The third-order valence-electron chi connectivity index (χ3n) is 5.82. The van der Waals surface area contributed by atoms with Crippen LogP contribution in [-0.4, -0.2) is 63.1 Å². The molecule has 38 heavy (non-hydrogen) atoms. The van der Waals surface area contributed by atoms with E-state index in [1.807, 2.05) is 30.3 Å². The highest BCUT2D eigenvalue weighted by Crippen LogP contribution is 2.32. The number of amides is 1. The standard InChI is InChI=1S/C27H26N4O6S/c1-31(23(32)16-28-38(3,35)36)20-12-10-19(11-13-20)29-25(17-7-5-4-6-8-17)24-21-14-9-18(27(34)37-2)15-22(21)30-26(24)33/h4-15,28,30,33H,16H2,1-3H3. The lowest BCUT2D eigenvalue weighted by molar-refractivity contribution is -0.117. The third-order valence-corrected chi connectivity index (χ3v) is 6.49. The second kappa shape index (κ2) is 10.9. The van der Waals surface area contributed by atoms with Crippen molar-refractivity contribution in [3.8, 4) is 5.88 Å². The zero-order valence-corrected chi connectivity index (χ0v) is 21.7. The number of sulfonamides is 1. The fourth-order valence-electron chi connectivity index (χ4n) is 3.86. The number of esters is 1. The van der Waals surface area contributed by atoms with Gasteiger partial charge in [-0.15, -0.1) is 0 Å². The molecule has 3 aromatic carbocycles. The molecular weight excluding hydrogens is 508 g/mol. The van der Waals surface area contributed by atoms with Crippen LogP contribution in [-0.2, 0) is 19.6 Å². The van der Waals surface area contributed by atoms with Crippen molar-refractivity contribution in [1.82, 2.24) is 9.71 Å². The number of carbonyl (C=O) groups excluding carboxylic acids is 2. The lowest BCUT2D eigenvalue weighted by atomic mass is 10.00. The van der Waals surface area contributed by atoms with E-state index in [0.29, 0.717) is 39.1 Å². The molecule has 0 spiro atoms. The van der Waals surface area contributed by atoms with Gasteiger partial charge < -0.3 is 19.7 Å². The van der Waals surface area contributed by atoms with Crippen molar-refractivity contribution in [3.05, 3.63) is 89.5 Å². The van der Waals surface area contributed by atoms with Gasteiger partial charge in [-0.1, -0.05) is 36.4 Å². The zero-order valence-electron chi connectivity index (χ0n) is 20.9. The highest BCUT2D eigenvalue weighted by Gasteiger charge is 2.20. The van der Waals surface area contributed by atoms with Gasteiger partial charge in [0.1, 0.15) is 0 Å². The zero-order chi connectivity index (χ0) is 27.4. The quantitative estimate of drug-likeness (QED) is 0.234.